The molecule has 114 valence electrons. The fourth-order valence-electron chi connectivity index (χ4n) is 2.38. The second-order valence-electron chi connectivity index (χ2n) is 4.99. The summed E-state index contributed by atoms with van der Waals surface area (Å²) in [7, 11) is -3.37. The fourth-order valence-corrected chi connectivity index (χ4v) is 6.97. The molecule has 1 saturated heterocycles. The van der Waals surface area contributed by atoms with Gasteiger partial charge in [-0.1, -0.05) is 6.92 Å². The van der Waals surface area contributed by atoms with E-state index in [1.54, 1.807) is 4.31 Å². The van der Waals surface area contributed by atoms with Crippen LogP contribution < -0.4 is 5.32 Å². The Morgan fingerprint density at radius 1 is 1.50 bits per heavy atom. The van der Waals surface area contributed by atoms with E-state index < -0.39 is 10.0 Å². The van der Waals surface area contributed by atoms with Crippen LogP contribution in [0.3, 0.4) is 0 Å². The zero-order valence-corrected chi connectivity index (χ0v) is 14.6. The summed E-state index contributed by atoms with van der Waals surface area (Å²) in [5, 5.41) is 5.18. The summed E-state index contributed by atoms with van der Waals surface area (Å²) in [5.74, 6) is 1.76. The number of rotatable bonds is 5. The highest BCUT2D eigenvalue weighted by atomic mass is 32.2. The minimum Gasteiger partial charge on any atom is -0.312 e. The highest BCUT2D eigenvalue weighted by Crippen LogP contribution is 2.32. The van der Waals surface area contributed by atoms with Crippen molar-refractivity contribution in [2.45, 2.75) is 38.3 Å². The Morgan fingerprint density at radius 3 is 2.90 bits per heavy atom. The summed E-state index contributed by atoms with van der Waals surface area (Å²) < 4.78 is 27.6. The SMILES string of the molecule is CCNCc1scc(C)c1S(=O)(=O)N1CCSCC1C. The molecular formula is C13H22N2O2S3. The molecule has 2 heterocycles. The van der Waals surface area contributed by atoms with Crippen LogP contribution in [0.5, 0.6) is 0 Å². The third-order valence-corrected chi connectivity index (χ3v) is 8.07. The van der Waals surface area contributed by atoms with Crippen molar-refractivity contribution in [2.24, 2.45) is 0 Å². The third kappa shape index (κ3) is 3.22. The maximum absolute atomic E-state index is 13.0. The van der Waals surface area contributed by atoms with E-state index in [0.29, 0.717) is 18.0 Å². The van der Waals surface area contributed by atoms with Gasteiger partial charge in [0.2, 0.25) is 10.0 Å². The first-order chi connectivity index (χ1) is 9.48. The Morgan fingerprint density at radius 2 is 2.25 bits per heavy atom. The number of hydrogen-bond donors (Lipinski definition) is 1. The van der Waals surface area contributed by atoms with E-state index >= 15 is 0 Å². The van der Waals surface area contributed by atoms with Gasteiger partial charge in [-0.3, -0.25) is 0 Å². The molecule has 1 aliphatic rings. The van der Waals surface area contributed by atoms with Crippen LogP contribution in [0, 0.1) is 6.92 Å². The van der Waals surface area contributed by atoms with E-state index in [9.17, 15) is 8.42 Å². The van der Waals surface area contributed by atoms with Crippen LogP contribution >= 0.6 is 23.1 Å². The summed E-state index contributed by atoms with van der Waals surface area (Å²) in [5.41, 5.74) is 0.869. The van der Waals surface area contributed by atoms with Crippen LogP contribution in [0.15, 0.2) is 10.3 Å². The highest BCUT2D eigenvalue weighted by molar-refractivity contribution is 7.99. The first-order valence-corrected chi connectivity index (χ1v) is 10.3. The normalized spacial score (nSPS) is 21.2. The van der Waals surface area contributed by atoms with E-state index in [2.05, 4.69) is 5.32 Å². The van der Waals surface area contributed by atoms with E-state index in [1.165, 1.54) is 11.3 Å². The van der Waals surface area contributed by atoms with Crippen LogP contribution in [0.2, 0.25) is 0 Å². The molecule has 0 radical (unpaired) electrons. The maximum Gasteiger partial charge on any atom is 0.244 e. The van der Waals surface area contributed by atoms with Gasteiger partial charge in [-0.2, -0.15) is 16.1 Å². The molecule has 0 amide bonds. The average molecular weight is 335 g/mol. The maximum atomic E-state index is 13.0. The molecule has 4 nitrogen and oxygen atoms in total. The Kier molecular flexibility index (Phi) is 5.53. The van der Waals surface area contributed by atoms with Crippen molar-refractivity contribution in [3.05, 3.63) is 15.8 Å². The number of nitrogens with zero attached hydrogens (tertiary/aromatic N) is 1. The van der Waals surface area contributed by atoms with Crippen molar-refractivity contribution < 1.29 is 8.42 Å². The van der Waals surface area contributed by atoms with Gasteiger partial charge in [0.05, 0.1) is 0 Å². The molecule has 1 aromatic rings. The van der Waals surface area contributed by atoms with Crippen molar-refractivity contribution >= 4 is 33.1 Å². The minimum absolute atomic E-state index is 0.0741. The quantitative estimate of drug-likeness (QED) is 0.897. The lowest BCUT2D eigenvalue weighted by Gasteiger charge is -2.32. The lowest BCUT2D eigenvalue weighted by molar-refractivity contribution is 0.367. The smallest absolute Gasteiger partial charge is 0.244 e. The molecule has 7 heteroatoms. The molecule has 1 unspecified atom stereocenters. The van der Waals surface area contributed by atoms with E-state index in [-0.39, 0.29) is 6.04 Å². The third-order valence-electron chi connectivity index (χ3n) is 3.40. The number of hydrogen-bond acceptors (Lipinski definition) is 5. The number of nitrogens with one attached hydrogen (secondary N) is 1. The van der Waals surface area contributed by atoms with Gasteiger partial charge in [0.1, 0.15) is 4.90 Å². The molecular weight excluding hydrogens is 312 g/mol. The van der Waals surface area contributed by atoms with Gasteiger partial charge >= 0.3 is 0 Å². The molecule has 0 aromatic carbocycles. The lowest BCUT2D eigenvalue weighted by Crippen LogP contribution is -2.44. The van der Waals surface area contributed by atoms with Gasteiger partial charge in [0.15, 0.2) is 0 Å². The topological polar surface area (TPSA) is 49.4 Å². The van der Waals surface area contributed by atoms with Gasteiger partial charge in [0.25, 0.3) is 0 Å². The van der Waals surface area contributed by atoms with Crippen molar-refractivity contribution in [3.8, 4) is 0 Å². The minimum atomic E-state index is -3.37. The van der Waals surface area contributed by atoms with Gasteiger partial charge in [-0.25, -0.2) is 8.42 Å². The van der Waals surface area contributed by atoms with E-state index in [0.717, 1.165) is 28.5 Å². The molecule has 20 heavy (non-hydrogen) atoms. The second-order valence-corrected chi connectivity index (χ2v) is 8.93. The van der Waals surface area contributed by atoms with Crippen molar-refractivity contribution in [1.82, 2.24) is 9.62 Å². The number of thioether (sulfide) groups is 1. The van der Waals surface area contributed by atoms with E-state index in [4.69, 9.17) is 0 Å². The van der Waals surface area contributed by atoms with Crippen LogP contribution in [0.4, 0.5) is 0 Å². The summed E-state index contributed by atoms with van der Waals surface area (Å²) in [6, 6.07) is 0.0741. The lowest BCUT2D eigenvalue weighted by atomic mass is 10.3. The second kappa shape index (κ2) is 6.79. The molecule has 2 rings (SSSR count). The van der Waals surface area contributed by atoms with Gasteiger partial charge < -0.3 is 5.32 Å². The number of sulfonamides is 1. The molecule has 1 fully saturated rings. The zero-order valence-electron chi connectivity index (χ0n) is 12.2. The Bertz CT molecular complexity index is 554. The zero-order chi connectivity index (χ0) is 14.8. The highest BCUT2D eigenvalue weighted by Gasteiger charge is 2.34. The molecule has 1 N–H and O–H groups in total. The predicted octanol–water partition coefficient (Wildman–Crippen LogP) is 2.29. The van der Waals surface area contributed by atoms with Crippen molar-refractivity contribution in [1.29, 1.82) is 0 Å². The summed E-state index contributed by atoms with van der Waals surface area (Å²) in [4.78, 5) is 1.46. The van der Waals surface area contributed by atoms with Gasteiger partial charge in [-0.05, 0) is 31.3 Å². The van der Waals surface area contributed by atoms with Crippen LogP contribution in [0.25, 0.3) is 0 Å². The molecule has 0 bridgehead atoms. The predicted molar refractivity (Wildman–Crippen MR) is 87.1 cm³/mol. The van der Waals surface area contributed by atoms with Crippen molar-refractivity contribution in [2.75, 3.05) is 24.6 Å². The van der Waals surface area contributed by atoms with Crippen LogP contribution in [0.1, 0.15) is 24.3 Å². The molecule has 1 aliphatic heterocycles. The first-order valence-electron chi connectivity index (χ1n) is 6.85. The Hall–Kier alpha value is -0.0800. The summed E-state index contributed by atoms with van der Waals surface area (Å²) in [6.07, 6.45) is 0. The van der Waals surface area contributed by atoms with Crippen LogP contribution in [-0.4, -0.2) is 43.4 Å². The van der Waals surface area contributed by atoms with Crippen molar-refractivity contribution in [3.63, 3.8) is 0 Å². The summed E-state index contributed by atoms with van der Waals surface area (Å²) >= 11 is 3.36. The number of thiophene rings is 1. The summed E-state index contributed by atoms with van der Waals surface area (Å²) in [6.45, 7) is 7.99. The fraction of sp³-hybridized carbons (Fsp3) is 0.692. The largest absolute Gasteiger partial charge is 0.312 e. The Labute approximate surface area is 130 Å². The molecule has 0 saturated carbocycles. The van der Waals surface area contributed by atoms with E-state index in [1.807, 2.05) is 37.9 Å². The van der Waals surface area contributed by atoms with Crippen LogP contribution in [-0.2, 0) is 16.6 Å². The van der Waals surface area contributed by atoms with Gasteiger partial charge in [-0.15, -0.1) is 11.3 Å². The first kappa shape index (κ1) is 16.3. The van der Waals surface area contributed by atoms with Gasteiger partial charge in [0, 0.05) is 35.5 Å². The molecule has 0 aliphatic carbocycles. The standard InChI is InChI=1S/C13H22N2O2S3/c1-4-14-7-12-13(10(2)8-19-12)20(16,17)15-5-6-18-9-11(15)3/h8,11,14H,4-7,9H2,1-3H3. The molecule has 0 spiro atoms. The number of aryl methyl sites for hydroxylation is 1. The monoisotopic (exact) mass is 334 g/mol. The molecule has 1 atom stereocenters. The Balaban J connectivity index is 2.35. The molecule has 1 aromatic heterocycles. The average Bonchev–Trinajstić information content (AvgIpc) is 2.78.